The van der Waals surface area contributed by atoms with Crippen LogP contribution in [0, 0.1) is 6.57 Å². The van der Waals surface area contributed by atoms with Gasteiger partial charge < -0.3 is 14.7 Å². The highest BCUT2D eigenvalue weighted by molar-refractivity contribution is 7.90. The molecule has 0 spiro atoms. The second kappa shape index (κ2) is 9.00. The highest BCUT2D eigenvalue weighted by Gasteiger charge is 2.36. The maximum absolute atomic E-state index is 13.2. The minimum absolute atomic E-state index is 0.189. The molecular formula is C22H23F3N2O4S. The van der Waals surface area contributed by atoms with Gasteiger partial charge in [-0.2, -0.15) is 13.2 Å². The van der Waals surface area contributed by atoms with Crippen LogP contribution in [0.4, 0.5) is 24.5 Å². The van der Waals surface area contributed by atoms with Crippen molar-refractivity contribution < 1.29 is 31.4 Å². The minimum atomic E-state index is -4.61. The quantitative estimate of drug-likeness (QED) is 0.634. The highest BCUT2D eigenvalue weighted by Crippen LogP contribution is 2.39. The summed E-state index contributed by atoms with van der Waals surface area (Å²) in [6.07, 6.45) is -2.44. The predicted octanol–water partition coefficient (Wildman–Crippen LogP) is 4.46. The topological polar surface area (TPSA) is 71.2 Å². The molecule has 0 bridgehead atoms. The van der Waals surface area contributed by atoms with Crippen LogP contribution in [0.3, 0.4) is 0 Å². The van der Waals surface area contributed by atoms with E-state index in [0.717, 1.165) is 12.3 Å². The van der Waals surface area contributed by atoms with Crippen molar-refractivity contribution in [2.75, 3.05) is 30.9 Å². The van der Waals surface area contributed by atoms with E-state index in [1.807, 2.05) is 0 Å². The summed E-state index contributed by atoms with van der Waals surface area (Å²) in [5.41, 5.74) is -2.03. The molecule has 1 heterocycles. The van der Waals surface area contributed by atoms with Crippen LogP contribution in [0.5, 0.6) is 5.75 Å². The van der Waals surface area contributed by atoms with Crippen molar-refractivity contribution in [2.24, 2.45) is 0 Å². The van der Waals surface area contributed by atoms with Crippen molar-refractivity contribution in [1.29, 1.82) is 0 Å². The number of benzene rings is 2. The Balaban J connectivity index is 1.56. The van der Waals surface area contributed by atoms with Crippen LogP contribution >= 0.6 is 0 Å². The summed E-state index contributed by atoms with van der Waals surface area (Å²) < 4.78 is 68.2. The van der Waals surface area contributed by atoms with E-state index in [-0.39, 0.29) is 11.5 Å². The number of hydrogen-bond donors (Lipinski definition) is 1. The fourth-order valence-corrected chi connectivity index (χ4v) is 4.25. The number of aliphatic hydroxyl groups is 1. The van der Waals surface area contributed by atoms with E-state index in [1.54, 1.807) is 17.0 Å². The first-order valence-electron chi connectivity index (χ1n) is 9.90. The minimum Gasteiger partial charge on any atom is -0.493 e. The normalized spacial score (nSPS) is 16.4. The molecule has 172 valence electrons. The van der Waals surface area contributed by atoms with Gasteiger partial charge in [-0.05, 0) is 49.2 Å². The van der Waals surface area contributed by atoms with Gasteiger partial charge in [-0.1, -0.05) is 6.07 Å². The molecule has 0 saturated carbocycles. The number of sulfone groups is 1. The largest absolute Gasteiger partial charge is 0.493 e. The summed E-state index contributed by atoms with van der Waals surface area (Å²) in [6.45, 7) is 7.89. The molecule has 0 atom stereocenters. The molecule has 3 rings (SSSR count). The van der Waals surface area contributed by atoms with Gasteiger partial charge in [0.15, 0.2) is 15.5 Å². The van der Waals surface area contributed by atoms with Crippen molar-refractivity contribution in [3.8, 4) is 5.75 Å². The zero-order valence-corrected chi connectivity index (χ0v) is 18.2. The number of piperidine rings is 1. The van der Waals surface area contributed by atoms with Crippen molar-refractivity contribution in [3.05, 3.63) is 59.4 Å². The first-order chi connectivity index (χ1) is 14.9. The predicted molar refractivity (Wildman–Crippen MR) is 114 cm³/mol. The average Bonchev–Trinajstić information content (AvgIpc) is 2.73. The van der Waals surface area contributed by atoms with Gasteiger partial charge in [0.2, 0.25) is 0 Å². The summed E-state index contributed by atoms with van der Waals surface area (Å²) in [5.74, 6) is 0.484. The van der Waals surface area contributed by atoms with Crippen LogP contribution in [0.2, 0.25) is 0 Å². The molecule has 0 unspecified atom stereocenters. The van der Waals surface area contributed by atoms with Gasteiger partial charge >= 0.3 is 6.18 Å². The monoisotopic (exact) mass is 468 g/mol. The Morgan fingerprint density at radius 3 is 2.31 bits per heavy atom. The second-order valence-electron chi connectivity index (χ2n) is 7.86. The molecule has 1 fully saturated rings. The first kappa shape index (κ1) is 23.9. The molecule has 1 saturated heterocycles. The number of nitrogens with zero attached hydrogens (tertiary/aromatic N) is 2. The van der Waals surface area contributed by atoms with E-state index >= 15 is 0 Å². The molecule has 0 amide bonds. The molecular weight excluding hydrogens is 445 g/mol. The molecule has 0 aliphatic carbocycles. The van der Waals surface area contributed by atoms with Gasteiger partial charge in [-0.3, -0.25) is 0 Å². The van der Waals surface area contributed by atoms with Gasteiger partial charge in [0, 0.05) is 31.5 Å². The Hall–Kier alpha value is -2.77. The Bertz CT molecular complexity index is 1100. The van der Waals surface area contributed by atoms with Gasteiger partial charge in [0.1, 0.15) is 5.75 Å². The molecule has 32 heavy (non-hydrogen) atoms. The highest BCUT2D eigenvalue weighted by atomic mass is 32.2. The average molecular weight is 468 g/mol. The lowest BCUT2D eigenvalue weighted by Gasteiger charge is -2.39. The van der Waals surface area contributed by atoms with Crippen LogP contribution in [-0.2, 0) is 16.0 Å². The lowest BCUT2D eigenvalue weighted by atomic mass is 9.88. The number of ether oxygens (including phenoxy) is 1. The van der Waals surface area contributed by atoms with Crippen LogP contribution in [0.15, 0.2) is 47.4 Å². The molecule has 0 radical (unpaired) electrons. The molecule has 2 aromatic carbocycles. The third kappa shape index (κ3) is 5.72. The lowest BCUT2D eigenvalue weighted by Crippen LogP contribution is -2.45. The Kier molecular flexibility index (Phi) is 6.72. The third-order valence-electron chi connectivity index (χ3n) is 5.55. The van der Waals surface area contributed by atoms with Gasteiger partial charge in [0.05, 0.1) is 29.2 Å². The smallest absolute Gasteiger partial charge is 0.407 e. The van der Waals surface area contributed by atoms with Crippen molar-refractivity contribution in [1.82, 2.24) is 0 Å². The summed E-state index contributed by atoms with van der Waals surface area (Å²) >= 11 is 0. The maximum atomic E-state index is 13.2. The fourth-order valence-electron chi connectivity index (χ4n) is 3.62. The fraction of sp³-hybridized carbons (Fsp3) is 0.409. The lowest BCUT2D eigenvalue weighted by molar-refractivity contribution is -0.136. The summed E-state index contributed by atoms with van der Waals surface area (Å²) in [6, 6.07) is 9.66. The van der Waals surface area contributed by atoms with Crippen molar-refractivity contribution >= 4 is 21.2 Å². The Labute approximate surface area is 185 Å². The number of alkyl halides is 3. The van der Waals surface area contributed by atoms with Crippen molar-refractivity contribution in [2.45, 2.75) is 35.9 Å². The SMILES string of the molecule is [C-]#[N+]c1ccc(N2CCC(O)(CCOc3ccc(S(C)(=O)=O)cc3)CC2)cc1C(F)(F)F. The van der Waals surface area contributed by atoms with E-state index in [2.05, 4.69) is 4.85 Å². The van der Waals surface area contributed by atoms with Crippen LogP contribution in [0.25, 0.3) is 4.85 Å². The Morgan fingerprint density at radius 1 is 1.16 bits per heavy atom. The summed E-state index contributed by atoms with van der Waals surface area (Å²) in [4.78, 5) is 4.90. The van der Waals surface area contributed by atoms with Crippen LogP contribution in [0.1, 0.15) is 24.8 Å². The zero-order chi connectivity index (χ0) is 23.6. The molecule has 1 aliphatic rings. The third-order valence-corrected chi connectivity index (χ3v) is 6.68. The zero-order valence-electron chi connectivity index (χ0n) is 17.4. The summed E-state index contributed by atoms with van der Waals surface area (Å²) in [7, 11) is -3.29. The van der Waals surface area contributed by atoms with Crippen LogP contribution in [-0.4, -0.2) is 45.1 Å². The van der Waals surface area contributed by atoms with Gasteiger partial charge in [0.25, 0.3) is 0 Å². The number of hydrogen-bond acceptors (Lipinski definition) is 5. The molecule has 2 aromatic rings. The summed E-state index contributed by atoms with van der Waals surface area (Å²) in [5, 5.41) is 10.8. The standard InChI is InChI=1S/C22H23F3N2O4S/c1-26-20-8-3-16(15-19(20)22(23,24)25)27-12-9-21(28,10-13-27)11-14-31-17-4-6-18(7-5-17)32(2,29)30/h3-8,15,28H,9-14H2,2H3. The molecule has 1 aliphatic heterocycles. The first-order valence-corrected chi connectivity index (χ1v) is 11.8. The maximum Gasteiger partial charge on any atom is 0.407 e. The van der Waals surface area contributed by atoms with Gasteiger partial charge in [-0.25, -0.2) is 13.3 Å². The Morgan fingerprint density at radius 2 is 1.78 bits per heavy atom. The number of halogens is 3. The van der Waals surface area contributed by atoms with E-state index < -0.39 is 32.9 Å². The van der Waals surface area contributed by atoms with E-state index in [0.29, 0.717) is 43.8 Å². The van der Waals surface area contributed by atoms with Gasteiger partial charge in [-0.15, -0.1) is 0 Å². The van der Waals surface area contributed by atoms with E-state index in [9.17, 15) is 26.7 Å². The number of rotatable bonds is 6. The van der Waals surface area contributed by atoms with E-state index in [4.69, 9.17) is 11.3 Å². The van der Waals surface area contributed by atoms with Crippen LogP contribution < -0.4 is 9.64 Å². The number of anilines is 1. The molecule has 1 N–H and O–H groups in total. The second-order valence-corrected chi connectivity index (χ2v) is 9.88. The molecule has 10 heteroatoms. The molecule has 6 nitrogen and oxygen atoms in total. The van der Waals surface area contributed by atoms with Crippen molar-refractivity contribution in [3.63, 3.8) is 0 Å². The molecule has 0 aromatic heterocycles. The van der Waals surface area contributed by atoms with E-state index in [1.165, 1.54) is 24.3 Å².